The number of likely N-dealkylation sites (tertiary alicyclic amines) is 1. The molecule has 0 saturated carbocycles. The van der Waals surface area contributed by atoms with Gasteiger partial charge in [-0.05, 0) is 67.4 Å². The van der Waals surface area contributed by atoms with E-state index in [1.54, 1.807) is 67.0 Å². The summed E-state index contributed by atoms with van der Waals surface area (Å²) in [6.45, 7) is 4.00. The van der Waals surface area contributed by atoms with E-state index < -0.39 is 17.7 Å². The van der Waals surface area contributed by atoms with E-state index in [1.807, 2.05) is 19.9 Å². The van der Waals surface area contributed by atoms with Gasteiger partial charge in [0, 0.05) is 29.5 Å². The number of hydrogen-bond acceptors (Lipinski definition) is 5. The molecule has 1 N–H and O–H groups in total. The molecule has 6 nitrogen and oxygen atoms in total. The first-order valence-electron chi connectivity index (χ1n) is 10.5. The van der Waals surface area contributed by atoms with Crippen molar-refractivity contribution in [3.63, 3.8) is 0 Å². The number of pyridine rings is 1. The van der Waals surface area contributed by atoms with Crippen molar-refractivity contribution in [2.24, 2.45) is 0 Å². The van der Waals surface area contributed by atoms with Crippen molar-refractivity contribution in [1.29, 1.82) is 0 Å². The van der Waals surface area contributed by atoms with Gasteiger partial charge in [0.2, 0.25) is 0 Å². The fourth-order valence-electron chi connectivity index (χ4n) is 3.87. The third-order valence-electron chi connectivity index (χ3n) is 5.28. The van der Waals surface area contributed by atoms with Crippen LogP contribution in [0, 0.1) is 0 Å². The van der Waals surface area contributed by atoms with Crippen molar-refractivity contribution < 1.29 is 19.4 Å². The number of carbonyl (C=O) groups excluding carboxylic acids is 2. The molecule has 1 aromatic heterocycles. The summed E-state index contributed by atoms with van der Waals surface area (Å²) in [5.41, 5.74) is 1.83. The Balaban J connectivity index is 1.80. The molecule has 0 radical (unpaired) electrons. The lowest BCUT2D eigenvalue weighted by Crippen LogP contribution is -2.29. The Kier molecular flexibility index (Phi) is 6.47. The molecule has 0 aliphatic carbocycles. The maximum absolute atomic E-state index is 13.1. The lowest BCUT2D eigenvalue weighted by atomic mass is 9.95. The molecule has 2 heterocycles. The number of aliphatic hydroxyl groups is 1. The van der Waals surface area contributed by atoms with Gasteiger partial charge in [-0.1, -0.05) is 29.8 Å². The summed E-state index contributed by atoms with van der Waals surface area (Å²) in [7, 11) is 0. The van der Waals surface area contributed by atoms with E-state index >= 15 is 0 Å². The average molecular weight is 463 g/mol. The van der Waals surface area contributed by atoms with Crippen LogP contribution < -0.4 is 4.74 Å². The molecule has 2 aromatic carbocycles. The fraction of sp³-hybridized carbons (Fsp3) is 0.192. The van der Waals surface area contributed by atoms with Crippen molar-refractivity contribution in [3.05, 3.63) is 100 Å². The number of rotatable bonds is 6. The number of ketones is 1. The van der Waals surface area contributed by atoms with Gasteiger partial charge in [-0.25, -0.2) is 0 Å². The van der Waals surface area contributed by atoms with E-state index in [0.29, 0.717) is 21.9 Å². The number of nitrogens with zero attached hydrogens (tertiary/aromatic N) is 2. The predicted molar refractivity (Wildman–Crippen MR) is 126 cm³/mol. The Morgan fingerprint density at radius 2 is 1.88 bits per heavy atom. The summed E-state index contributed by atoms with van der Waals surface area (Å²) in [6.07, 6.45) is 3.28. The number of aliphatic hydroxyl groups excluding tert-OH is 1. The Morgan fingerprint density at radius 3 is 2.52 bits per heavy atom. The highest BCUT2D eigenvalue weighted by molar-refractivity contribution is 6.46. The second-order valence-electron chi connectivity index (χ2n) is 8.03. The lowest BCUT2D eigenvalue weighted by molar-refractivity contribution is -0.140. The molecule has 4 rings (SSSR count). The van der Waals surface area contributed by atoms with Gasteiger partial charge in [-0.15, -0.1) is 0 Å². The molecule has 33 heavy (non-hydrogen) atoms. The molecule has 1 atom stereocenters. The van der Waals surface area contributed by atoms with E-state index in [9.17, 15) is 14.7 Å². The van der Waals surface area contributed by atoms with Gasteiger partial charge >= 0.3 is 0 Å². The van der Waals surface area contributed by atoms with E-state index in [1.165, 1.54) is 4.90 Å². The second-order valence-corrected chi connectivity index (χ2v) is 8.47. The van der Waals surface area contributed by atoms with Gasteiger partial charge in [0.25, 0.3) is 11.7 Å². The van der Waals surface area contributed by atoms with Gasteiger partial charge in [0.05, 0.1) is 17.7 Å². The number of halogens is 1. The van der Waals surface area contributed by atoms with Crippen LogP contribution in [0.25, 0.3) is 5.76 Å². The highest BCUT2D eigenvalue weighted by Crippen LogP contribution is 2.41. The second kappa shape index (κ2) is 9.46. The molecule has 1 aliphatic rings. The molecule has 168 valence electrons. The molecule has 1 unspecified atom stereocenters. The zero-order valence-corrected chi connectivity index (χ0v) is 19.0. The predicted octanol–water partition coefficient (Wildman–Crippen LogP) is 5.14. The SMILES string of the molecule is CC(C)Oc1ccc(/C(O)=C2/C(=O)C(=O)N(Cc3cccnc3)C2c2cccc(Cl)c2)cc1. The topological polar surface area (TPSA) is 79.7 Å². The molecule has 1 saturated heterocycles. The van der Waals surface area contributed by atoms with Crippen molar-refractivity contribution >= 4 is 29.1 Å². The van der Waals surface area contributed by atoms with Crippen LogP contribution >= 0.6 is 11.6 Å². The van der Waals surface area contributed by atoms with Crippen molar-refractivity contribution in [2.45, 2.75) is 32.5 Å². The summed E-state index contributed by atoms with van der Waals surface area (Å²) in [5.74, 6) is -1.04. The molecular weight excluding hydrogens is 440 g/mol. The van der Waals surface area contributed by atoms with Crippen LogP contribution in [0.3, 0.4) is 0 Å². The highest BCUT2D eigenvalue weighted by Gasteiger charge is 2.46. The number of Topliss-reactive ketones (excluding diaryl/α,β-unsaturated/α-hetero) is 1. The average Bonchev–Trinajstić information content (AvgIpc) is 3.04. The molecule has 7 heteroatoms. The van der Waals surface area contributed by atoms with Crippen LogP contribution in [0.15, 0.2) is 78.6 Å². The van der Waals surface area contributed by atoms with Gasteiger partial charge in [-0.3, -0.25) is 14.6 Å². The van der Waals surface area contributed by atoms with Crippen molar-refractivity contribution in [3.8, 4) is 5.75 Å². The number of amides is 1. The summed E-state index contributed by atoms with van der Waals surface area (Å²) in [6, 6.07) is 16.5. The lowest BCUT2D eigenvalue weighted by Gasteiger charge is -2.25. The molecule has 0 bridgehead atoms. The number of hydrogen-bond donors (Lipinski definition) is 1. The quantitative estimate of drug-likeness (QED) is 0.311. The van der Waals surface area contributed by atoms with E-state index in [2.05, 4.69) is 4.98 Å². The molecule has 0 spiro atoms. The van der Waals surface area contributed by atoms with Crippen LogP contribution in [0.2, 0.25) is 5.02 Å². The summed E-state index contributed by atoms with van der Waals surface area (Å²) >= 11 is 6.22. The minimum Gasteiger partial charge on any atom is -0.507 e. The number of aromatic nitrogens is 1. The van der Waals surface area contributed by atoms with Crippen LogP contribution in [0.5, 0.6) is 5.75 Å². The van der Waals surface area contributed by atoms with Crippen LogP contribution in [-0.2, 0) is 16.1 Å². The third kappa shape index (κ3) is 4.76. The Labute approximate surface area is 197 Å². The number of carbonyl (C=O) groups is 2. The van der Waals surface area contributed by atoms with E-state index in [0.717, 1.165) is 5.56 Å². The van der Waals surface area contributed by atoms with Crippen molar-refractivity contribution in [2.75, 3.05) is 0 Å². The normalized spacial score (nSPS) is 17.6. The molecule has 1 amide bonds. The minimum atomic E-state index is -0.796. The Bertz CT molecular complexity index is 1210. The summed E-state index contributed by atoms with van der Waals surface area (Å²) < 4.78 is 5.65. The zero-order chi connectivity index (χ0) is 23.5. The largest absolute Gasteiger partial charge is 0.507 e. The van der Waals surface area contributed by atoms with Gasteiger partial charge in [-0.2, -0.15) is 0 Å². The van der Waals surface area contributed by atoms with E-state index in [4.69, 9.17) is 16.3 Å². The summed E-state index contributed by atoms with van der Waals surface area (Å²) in [5, 5.41) is 11.6. The first kappa shape index (κ1) is 22.6. The monoisotopic (exact) mass is 462 g/mol. The third-order valence-corrected chi connectivity index (χ3v) is 5.51. The fourth-order valence-corrected chi connectivity index (χ4v) is 4.07. The van der Waals surface area contributed by atoms with Gasteiger partial charge in [0.1, 0.15) is 11.5 Å². The molecule has 3 aromatic rings. The van der Waals surface area contributed by atoms with Gasteiger partial charge < -0.3 is 14.7 Å². The first-order chi connectivity index (χ1) is 15.8. The van der Waals surface area contributed by atoms with Crippen LogP contribution in [0.1, 0.15) is 36.6 Å². The maximum atomic E-state index is 13.1. The smallest absolute Gasteiger partial charge is 0.295 e. The van der Waals surface area contributed by atoms with E-state index in [-0.39, 0.29) is 24.0 Å². The van der Waals surface area contributed by atoms with Crippen molar-refractivity contribution in [1.82, 2.24) is 9.88 Å². The molecular formula is C26H23ClN2O4. The Morgan fingerprint density at radius 1 is 1.12 bits per heavy atom. The maximum Gasteiger partial charge on any atom is 0.295 e. The molecule has 1 fully saturated rings. The highest BCUT2D eigenvalue weighted by atomic mass is 35.5. The Hall–Kier alpha value is -3.64. The first-order valence-corrected chi connectivity index (χ1v) is 10.9. The number of benzene rings is 2. The summed E-state index contributed by atoms with van der Waals surface area (Å²) in [4.78, 5) is 31.7. The molecule has 1 aliphatic heterocycles. The van der Waals surface area contributed by atoms with Crippen LogP contribution in [0.4, 0.5) is 0 Å². The minimum absolute atomic E-state index is 0.00470. The van der Waals surface area contributed by atoms with Gasteiger partial charge in [0.15, 0.2) is 0 Å². The van der Waals surface area contributed by atoms with Crippen LogP contribution in [-0.4, -0.2) is 32.8 Å². The zero-order valence-electron chi connectivity index (χ0n) is 18.2. The standard InChI is InChI=1S/C26H23ClN2O4/c1-16(2)33-21-10-8-18(9-11-21)24(30)22-23(19-6-3-7-20(27)13-19)29(26(32)25(22)31)15-17-5-4-12-28-14-17/h3-14,16,23,30H,15H2,1-2H3/b24-22-. The number of ether oxygens (including phenoxy) is 1.